The van der Waals surface area contributed by atoms with Gasteiger partial charge in [-0.1, -0.05) is 12.1 Å². The lowest BCUT2D eigenvalue weighted by atomic mass is 10.5. The number of rotatable bonds is 3. The summed E-state index contributed by atoms with van der Waals surface area (Å²) in [5.74, 6) is 0. The summed E-state index contributed by atoms with van der Waals surface area (Å²) in [6.45, 7) is 2.35. The van der Waals surface area contributed by atoms with Crippen LogP contribution in [0.15, 0.2) is 5.16 Å². The zero-order chi connectivity index (χ0) is 7.82. The van der Waals surface area contributed by atoms with Crippen molar-refractivity contribution in [2.45, 2.75) is 13.3 Å². The van der Waals surface area contributed by atoms with Gasteiger partial charge in [-0.2, -0.15) is 10.5 Å². The molecule has 0 spiro atoms. The second-order valence-electron chi connectivity index (χ2n) is 1.50. The Morgan fingerprint density at radius 3 is 2.50 bits per heavy atom. The minimum atomic E-state index is -0.242. The molecule has 0 aliphatic rings. The van der Waals surface area contributed by atoms with Gasteiger partial charge < -0.3 is 4.84 Å². The van der Waals surface area contributed by atoms with E-state index >= 15 is 0 Å². The SMILES string of the molecule is CCCON=C(C#N)C#N. The van der Waals surface area contributed by atoms with Gasteiger partial charge in [0, 0.05) is 0 Å². The average Bonchev–Trinajstić information content (AvgIpc) is 1.99. The van der Waals surface area contributed by atoms with Crippen molar-refractivity contribution >= 4 is 5.71 Å². The fraction of sp³-hybridized carbons (Fsp3) is 0.500. The highest BCUT2D eigenvalue weighted by Gasteiger charge is 1.91. The van der Waals surface area contributed by atoms with E-state index < -0.39 is 0 Å². The van der Waals surface area contributed by atoms with Crippen LogP contribution in [0.1, 0.15) is 13.3 Å². The number of nitrogens with zero attached hydrogens (tertiary/aromatic N) is 3. The van der Waals surface area contributed by atoms with Crippen LogP contribution in [0.3, 0.4) is 0 Å². The summed E-state index contributed by atoms with van der Waals surface area (Å²) in [5.41, 5.74) is -0.242. The van der Waals surface area contributed by atoms with E-state index in [-0.39, 0.29) is 5.71 Å². The molecule has 0 rings (SSSR count). The van der Waals surface area contributed by atoms with Gasteiger partial charge in [0.15, 0.2) is 0 Å². The van der Waals surface area contributed by atoms with E-state index in [4.69, 9.17) is 10.5 Å². The van der Waals surface area contributed by atoms with E-state index in [9.17, 15) is 0 Å². The molecule has 0 aromatic carbocycles. The van der Waals surface area contributed by atoms with E-state index in [1.54, 1.807) is 12.1 Å². The number of nitriles is 2. The van der Waals surface area contributed by atoms with E-state index in [1.165, 1.54) is 0 Å². The second-order valence-corrected chi connectivity index (χ2v) is 1.50. The van der Waals surface area contributed by atoms with Crippen LogP contribution in [0.25, 0.3) is 0 Å². The summed E-state index contributed by atoms with van der Waals surface area (Å²) < 4.78 is 0. The van der Waals surface area contributed by atoms with E-state index in [0.29, 0.717) is 6.61 Å². The Morgan fingerprint density at radius 2 is 2.10 bits per heavy atom. The summed E-state index contributed by atoms with van der Waals surface area (Å²) in [5, 5.41) is 19.5. The molecule has 10 heavy (non-hydrogen) atoms. The van der Waals surface area contributed by atoms with Crippen molar-refractivity contribution in [1.29, 1.82) is 10.5 Å². The van der Waals surface area contributed by atoms with Crippen LogP contribution >= 0.6 is 0 Å². The van der Waals surface area contributed by atoms with Gasteiger partial charge in [-0.3, -0.25) is 0 Å². The summed E-state index contributed by atoms with van der Waals surface area (Å²) in [4.78, 5) is 4.57. The van der Waals surface area contributed by atoms with Gasteiger partial charge in [0.25, 0.3) is 5.71 Å². The molecule has 0 amide bonds. The fourth-order valence-corrected chi connectivity index (χ4v) is 0.267. The number of hydrogen-bond acceptors (Lipinski definition) is 4. The maximum atomic E-state index is 8.14. The largest absolute Gasteiger partial charge is 0.394 e. The minimum Gasteiger partial charge on any atom is -0.394 e. The van der Waals surface area contributed by atoms with Crippen LogP contribution in [0, 0.1) is 22.7 Å². The van der Waals surface area contributed by atoms with Crippen LogP contribution in [0.4, 0.5) is 0 Å². The van der Waals surface area contributed by atoms with Gasteiger partial charge in [0.05, 0.1) is 0 Å². The van der Waals surface area contributed by atoms with Gasteiger partial charge in [-0.15, -0.1) is 0 Å². The molecule has 0 saturated heterocycles. The van der Waals surface area contributed by atoms with Gasteiger partial charge in [-0.05, 0) is 6.42 Å². The van der Waals surface area contributed by atoms with Gasteiger partial charge in [-0.25, -0.2) is 0 Å². The highest BCUT2D eigenvalue weighted by Crippen LogP contribution is 1.82. The van der Waals surface area contributed by atoms with Crippen LogP contribution in [0.2, 0.25) is 0 Å². The number of oxime groups is 1. The van der Waals surface area contributed by atoms with E-state index in [0.717, 1.165) is 6.42 Å². The van der Waals surface area contributed by atoms with Crippen molar-refractivity contribution in [3.63, 3.8) is 0 Å². The first-order chi connectivity index (χ1) is 4.85. The third-order valence-electron chi connectivity index (χ3n) is 0.663. The Hall–Kier alpha value is -1.55. The predicted molar refractivity (Wildman–Crippen MR) is 34.9 cm³/mol. The summed E-state index contributed by atoms with van der Waals surface area (Å²) in [6, 6.07) is 3.15. The summed E-state index contributed by atoms with van der Waals surface area (Å²) >= 11 is 0. The first kappa shape index (κ1) is 8.45. The number of hydrogen-bond donors (Lipinski definition) is 0. The summed E-state index contributed by atoms with van der Waals surface area (Å²) in [6.07, 6.45) is 0.813. The first-order valence-corrected chi connectivity index (χ1v) is 2.85. The molecule has 0 unspecified atom stereocenters. The van der Waals surface area contributed by atoms with E-state index in [2.05, 4.69) is 9.99 Å². The smallest absolute Gasteiger partial charge is 0.256 e. The maximum absolute atomic E-state index is 8.14. The molecule has 4 heteroatoms. The van der Waals surface area contributed by atoms with Gasteiger partial charge in [0.1, 0.15) is 18.7 Å². The highest BCUT2D eigenvalue weighted by atomic mass is 16.6. The molecule has 0 saturated carbocycles. The highest BCUT2D eigenvalue weighted by molar-refractivity contribution is 6.09. The summed E-state index contributed by atoms with van der Waals surface area (Å²) in [7, 11) is 0. The third kappa shape index (κ3) is 3.45. The fourth-order valence-electron chi connectivity index (χ4n) is 0.267. The zero-order valence-electron chi connectivity index (χ0n) is 5.66. The molecule has 0 N–H and O–H groups in total. The first-order valence-electron chi connectivity index (χ1n) is 2.85. The molecule has 0 aromatic rings. The van der Waals surface area contributed by atoms with Crippen LogP contribution in [-0.4, -0.2) is 12.3 Å². The Labute approximate surface area is 59.3 Å². The van der Waals surface area contributed by atoms with Crippen molar-refractivity contribution in [3.05, 3.63) is 0 Å². The molecule has 0 atom stereocenters. The maximum Gasteiger partial charge on any atom is 0.256 e. The van der Waals surface area contributed by atoms with Crippen molar-refractivity contribution in [2.24, 2.45) is 5.16 Å². The molecule has 0 aliphatic carbocycles. The molecular weight excluding hydrogens is 130 g/mol. The molecule has 0 aliphatic heterocycles. The predicted octanol–water partition coefficient (Wildman–Crippen LogP) is 0.816. The molecule has 0 radical (unpaired) electrons. The molecule has 0 aromatic heterocycles. The zero-order valence-corrected chi connectivity index (χ0v) is 5.66. The Balaban J connectivity index is 3.71. The third-order valence-corrected chi connectivity index (χ3v) is 0.663. The lowest BCUT2D eigenvalue weighted by molar-refractivity contribution is 0.146. The van der Waals surface area contributed by atoms with Gasteiger partial charge in [0.2, 0.25) is 0 Å². The second kappa shape index (κ2) is 5.58. The monoisotopic (exact) mass is 137 g/mol. The van der Waals surface area contributed by atoms with Crippen molar-refractivity contribution < 1.29 is 4.84 Å². The standard InChI is InChI=1S/C6H7N3O/c1-2-3-10-9-6(4-7)5-8/h2-3H2,1H3. The topological polar surface area (TPSA) is 69.2 Å². The van der Waals surface area contributed by atoms with Crippen molar-refractivity contribution in [2.75, 3.05) is 6.61 Å². The van der Waals surface area contributed by atoms with Crippen molar-refractivity contribution in [1.82, 2.24) is 0 Å². The molecule has 0 bridgehead atoms. The van der Waals surface area contributed by atoms with Crippen LogP contribution in [0.5, 0.6) is 0 Å². The normalized spacial score (nSPS) is 7.10. The van der Waals surface area contributed by atoms with E-state index in [1.807, 2.05) is 6.92 Å². The molecular formula is C6H7N3O. The Kier molecular flexibility index (Phi) is 4.72. The van der Waals surface area contributed by atoms with Crippen LogP contribution < -0.4 is 0 Å². The Bertz CT molecular complexity index is 180. The average molecular weight is 137 g/mol. The van der Waals surface area contributed by atoms with Gasteiger partial charge >= 0.3 is 0 Å². The van der Waals surface area contributed by atoms with Crippen molar-refractivity contribution in [3.8, 4) is 12.1 Å². The molecule has 4 nitrogen and oxygen atoms in total. The molecule has 0 fully saturated rings. The Morgan fingerprint density at radius 1 is 1.50 bits per heavy atom. The minimum absolute atomic E-state index is 0.242. The molecule has 52 valence electrons. The molecule has 0 heterocycles. The lowest BCUT2D eigenvalue weighted by Gasteiger charge is -1.90. The lowest BCUT2D eigenvalue weighted by Crippen LogP contribution is -1.92. The van der Waals surface area contributed by atoms with Crippen LogP contribution in [-0.2, 0) is 4.84 Å². The quantitative estimate of drug-likeness (QED) is 0.328.